The minimum atomic E-state index is 0. The van der Waals surface area contributed by atoms with E-state index in [1.165, 1.54) is 94.8 Å². The van der Waals surface area contributed by atoms with Crippen LogP contribution in [-0.4, -0.2) is 118 Å². The number of imidazole rings is 3. The number of hydrogen-bond donors (Lipinski definition) is 4. The van der Waals surface area contributed by atoms with Gasteiger partial charge in [0.2, 0.25) is 0 Å². The van der Waals surface area contributed by atoms with Gasteiger partial charge in [-0.05, 0) is 241 Å². The number of nitrogens with one attached hydrogen (secondary N) is 4. The van der Waals surface area contributed by atoms with Crippen LogP contribution in [0.2, 0.25) is 0 Å². The number of fused-ring (bicyclic) bond motifs is 2. The molecule has 0 atom stereocenters. The Morgan fingerprint density at radius 1 is 0.451 bits per heavy atom. The summed E-state index contributed by atoms with van der Waals surface area (Å²) in [5, 5.41) is 13.2. The number of H-pyrrole nitrogens is 2. The number of aromatic nitrogens is 12. The van der Waals surface area contributed by atoms with Gasteiger partial charge in [-0.25, -0.2) is 15.0 Å². The lowest BCUT2D eigenvalue weighted by molar-refractivity contribution is 0.0505. The molecule has 2 aromatic carbocycles. The molecule has 0 radical (unpaired) electrons. The third-order valence-corrected chi connectivity index (χ3v) is 19.7. The van der Waals surface area contributed by atoms with Gasteiger partial charge in [-0.3, -0.25) is 14.5 Å². The summed E-state index contributed by atoms with van der Waals surface area (Å²) >= 11 is 0. The largest absolute Gasteiger partial charge is 0.368 e. The van der Waals surface area contributed by atoms with Gasteiger partial charge in [-0.15, -0.1) is 0 Å². The van der Waals surface area contributed by atoms with Gasteiger partial charge in [-0.1, -0.05) is 40.5 Å². The van der Waals surface area contributed by atoms with E-state index in [-0.39, 0.29) is 39.0 Å². The van der Waals surface area contributed by atoms with Crippen LogP contribution >= 0.6 is 0 Å². The Bertz CT molecular complexity index is 3320. The molecule has 16 nitrogen and oxygen atoms in total. The molecular weight excluding hydrogens is 1120 g/mol. The van der Waals surface area contributed by atoms with Crippen molar-refractivity contribution < 1.29 is 0 Å². The highest BCUT2D eigenvalue weighted by Gasteiger charge is 2.58. The first-order valence-corrected chi connectivity index (χ1v) is 30.9. The van der Waals surface area contributed by atoms with Gasteiger partial charge in [-0.2, -0.15) is 5.10 Å². The number of hydrogen-bond acceptors (Lipinski definition) is 8. The first kappa shape index (κ1) is 83.8. The van der Waals surface area contributed by atoms with Crippen molar-refractivity contribution in [2.75, 3.05) is 33.9 Å². The van der Waals surface area contributed by atoms with Crippen molar-refractivity contribution in [3.8, 4) is 0 Å². The number of benzene rings is 2. The van der Waals surface area contributed by atoms with Gasteiger partial charge in [0.05, 0.1) is 35.2 Å². The minimum absolute atomic E-state index is 0. The van der Waals surface area contributed by atoms with E-state index < -0.39 is 0 Å². The summed E-state index contributed by atoms with van der Waals surface area (Å²) in [5.41, 5.74) is 23.6. The number of aromatic amines is 2. The molecule has 2 fully saturated rings. The Kier molecular flexibility index (Phi) is 34.3. The fraction of sp³-hybridized carbons (Fsp3) is 0.520. The van der Waals surface area contributed by atoms with E-state index >= 15 is 0 Å². The molecule has 91 heavy (non-hydrogen) atoms. The standard InChI is InChI=1S/C15H21N.C11H24N2.C9H9N.C9H15N.2C7H12N2.C4H6N2.C4H5N.C3H8N2.C3H4N2.3CH4/c1-8-9(2)11(4)15-14(10(8)3)12(5)13(6)16(15)7;1-9(2)10(3,4)13(8)11(5,6)12(9)7;1-10-7-6-8-4-2-3-5-9(8)10;1-6-7(2)9(4)10(5)8(6)3;1-5-6(2)9(4)7(3)8-5;1-5-6(2)8-9(4)7(5)3;1-6-3-2-5-4-6;1-2-4-5-3-1;2*1-2-5-3-4-1;;;/h1-7H3;1-8H3;2-7H,1H3;1-5H3;2*1-4H3;2-4H,1H3;1-5H;4-5H,1-3H2;1-3H,(H,4,5);3*1H4. The molecule has 0 spiro atoms. The first-order chi connectivity index (χ1) is 41.0. The average molecular weight is 1250 g/mol. The number of para-hydroxylation sites is 1. The Morgan fingerprint density at radius 2 is 0.967 bits per heavy atom. The van der Waals surface area contributed by atoms with E-state index in [2.05, 4.69) is 272 Å². The second-order valence-electron chi connectivity index (χ2n) is 25.0. The van der Waals surface area contributed by atoms with E-state index in [1.54, 1.807) is 31.2 Å². The zero-order chi connectivity index (χ0) is 66.8. The van der Waals surface area contributed by atoms with Gasteiger partial charge in [0, 0.05) is 156 Å². The maximum Gasteiger partial charge on any atom is 0.105 e. The summed E-state index contributed by atoms with van der Waals surface area (Å²) in [5.74, 6) is 1.09. The van der Waals surface area contributed by atoms with Crippen LogP contribution in [0.4, 0.5) is 0 Å². The van der Waals surface area contributed by atoms with Crippen LogP contribution in [0.5, 0.6) is 0 Å². The third-order valence-electron chi connectivity index (χ3n) is 19.7. The van der Waals surface area contributed by atoms with Crippen molar-refractivity contribution in [3.05, 3.63) is 189 Å². The Morgan fingerprint density at radius 3 is 1.24 bits per heavy atom. The van der Waals surface area contributed by atoms with E-state index in [9.17, 15) is 0 Å². The molecule has 2 aliphatic heterocycles. The predicted octanol–water partition coefficient (Wildman–Crippen LogP) is 16.2. The normalized spacial score (nSPS) is 13.7. The molecule has 0 amide bonds. The molecule has 8 aromatic heterocycles. The average Bonchev–Trinajstić information content (AvgIpc) is 1.58. The second-order valence-corrected chi connectivity index (χ2v) is 25.0. The molecule has 2 saturated heterocycles. The quantitative estimate of drug-likeness (QED) is 0.118. The number of aryl methyl sites for hydroxylation is 10. The minimum Gasteiger partial charge on any atom is -0.368 e. The highest BCUT2D eigenvalue weighted by Crippen LogP contribution is 2.46. The molecule has 10 aromatic rings. The van der Waals surface area contributed by atoms with Crippen molar-refractivity contribution in [2.24, 2.45) is 42.3 Å². The monoisotopic (exact) mass is 1250 g/mol. The summed E-state index contributed by atoms with van der Waals surface area (Å²) < 4.78 is 12.6. The van der Waals surface area contributed by atoms with Gasteiger partial charge >= 0.3 is 0 Å². The third kappa shape index (κ3) is 21.1. The summed E-state index contributed by atoms with van der Waals surface area (Å²) in [6.07, 6.45) is 16.3. The van der Waals surface area contributed by atoms with Crippen LogP contribution in [0.25, 0.3) is 21.8 Å². The van der Waals surface area contributed by atoms with E-state index in [0.717, 1.165) is 37.0 Å². The van der Waals surface area contributed by atoms with E-state index in [1.807, 2.05) is 81.9 Å². The van der Waals surface area contributed by atoms with Crippen LogP contribution in [0.1, 0.15) is 154 Å². The smallest absolute Gasteiger partial charge is 0.105 e. The van der Waals surface area contributed by atoms with Crippen molar-refractivity contribution in [1.29, 1.82) is 0 Å². The maximum absolute atomic E-state index is 4.27. The molecule has 16 heteroatoms. The SMILES string of the molecule is C.C.C.C1CNCN1.CN1C(C)(C)N(C)C(C)(C)C1(C)C.Cc1c(C)c(C)c2c(c1C)c(C)c(C)n2C.Cc1c(C)c(C)n(C)c1C.Cc1nc(C)n(C)c1C.Cc1nn(C)c(C)c1C.Cn1ccc2ccccc21.Cn1ccnc1.c1c[nH]cn1.c1cc[nH]c1. The van der Waals surface area contributed by atoms with Gasteiger partial charge < -0.3 is 43.4 Å². The van der Waals surface area contributed by atoms with Gasteiger partial charge in [0.25, 0.3) is 0 Å². The lowest BCUT2D eigenvalue weighted by atomic mass is 9.83. The molecule has 0 aliphatic carbocycles. The molecule has 0 unspecified atom stereocenters. The fourth-order valence-corrected chi connectivity index (χ4v) is 10.7. The van der Waals surface area contributed by atoms with E-state index in [0.29, 0.717) is 0 Å². The highest BCUT2D eigenvalue weighted by molar-refractivity contribution is 5.92. The number of nitrogens with zero attached hydrogens (tertiary/aromatic N) is 12. The van der Waals surface area contributed by atoms with Crippen molar-refractivity contribution in [2.45, 2.75) is 191 Å². The molecule has 508 valence electrons. The highest BCUT2D eigenvalue weighted by atomic mass is 15.5. The van der Waals surface area contributed by atoms with Crippen molar-refractivity contribution >= 4 is 21.8 Å². The number of rotatable bonds is 0. The fourth-order valence-electron chi connectivity index (χ4n) is 10.7. The first-order valence-electron chi connectivity index (χ1n) is 30.9. The van der Waals surface area contributed by atoms with Crippen LogP contribution in [0.3, 0.4) is 0 Å². The molecule has 0 bridgehead atoms. The van der Waals surface area contributed by atoms with Gasteiger partial charge in [0.15, 0.2) is 0 Å². The van der Waals surface area contributed by atoms with Crippen LogP contribution < -0.4 is 10.6 Å². The Balaban J connectivity index is 0.00000101. The second kappa shape index (κ2) is 37.3. The maximum atomic E-state index is 4.27. The summed E-state index contributed by atoms with van der Waals surface area (Å²) in [4.78, 5) is 22.3. The summed E-state index contributed by atoms with van der Waals surface area (Å²) in [6, 6.07) is 14.4. The number of likely N-dealkylation sites (N-methyl/N-ethyl adjacent to an activating group) is 2. The lowest BCUT2D eigenvalue weighted by Crippen LogP contribution is -2.52. The molecule has 12 rings (SSSR count). The van der Waals surface area contributed by atoms with Gasteiger partial charge in [0.1, 0.15) is 5.82 Å². The van der Waals surface area contributed by atoms with Crippen LogP contribution in [-0.2, 0) is 42.3 Å². The van der Waals surface area contributed by atoms with E-state index in [4.69, 9.17) is 0 Å². The predicted molar refractivity (Wildman–Crippen MR) is 395 cm³/mol. The Labute approximate surface area is 553 Å². The molecule has 4 N–H and O–H groups in total. The van der Waals surface area contributed by atoms with Crippen molar-refractivity contribution in [1.82, 2.24) is 78.0 Å². The zero-order valence-electron chi connectivity index (χ0n) is 60.2. The topological polar surface area (TPSA) is 143 Å². The lowest BCUT2D eigenvalue weighted by Gasteiger charge is -2.40. The molecule has 2 aliphatic rings. The summed E-state index contributed by atoms with van der Waals surface area (Å²) in [7, 11) is 16.7. The van der Waals surface area contributed by atoms with Crippen molar-refractivity contribution in [3.63, 3.8) is 0 Å². The molecule has 10 heterocycles. The molecular formula is C75H128N16. The van der Waals surface area contributed by atoms with Crippen LogP contribution in [0.15, 0.2) is 98.5 Å². The summed E-state index contributed by atoms with van der Waals surface area (Å²) in [6.45, 7) is 51.5. The van der Waals surface area contributed by atoms with Crippen LogP contribution in [0, 0.1) is 111 Å². The Hall–Kier alpha value is -7.24. The zero-order valence-corrected chi connectivity index (χ0v) is 60.2. The molecule has 0 saturated carbocycles.